The van der Waals surface area contributed by atoms with Gasteiger partial charge in [-0.05, 0) is 61.0 Å². The van der Waals surface area contributed by atoms with Crippen molar-refractivity contribution >= 4 is 27.5 Å². The van der Waals surface area contributed by atoms with Gasteiger partial charge in [0.15, 0.2) is 11.5 Å². The van der Waals surface area contributed by atoms with Gasteiger partial charge in [-0.15, -0.1) is 11.3 Å². The monoisotopic (exact) mass is 448 g/mol. The Bertz CT molecular complexity index is 1180. The fraction of sp³-hybridized carbons (Fsp3) is 0.269. The molecule has 1 N–H and O–H groups in total. The largest absolute Gasteiger partial charge is 0.490 e. The number of aromatic nitrogens is 1. The van der Waals surface area contributed by atoms with Crippen LogP contribution in [0.25, 0.3) is 10.2 Å². The molecule has 0 saturated heterocycles. The van der Waals surface area contributed by atoms with Crippen molar-refractivity contribution in [1.29, 1.82) is 0 Å². The zero-order chi connectivity index (χ0) is 22.3. The molecule has 0 unspecified atom stereocenters. The van der Waals surface area contributed by atoms with Crippen molar-refractivity contribution in [2.24, 2.45) is 0 Å². The highest BCUT2D eigenvalue weighted by molar-refractivity contribution is 7.17. The van der Waals surface area contributed by atoms with Crippen LogP contribution in [0.2, 0.25) is 0 Å². The number of hydrogen-bond donors (Lipinski definition) is 1. The Morgan fingerprint density at radius 3 is 2.50 bits per heavy atom. The quantitative estimate of drug-likeness (QED) is 0.347. The third kappa shape index (κ3) is 4.97. The molecule has 0 bridgehead atoms. The molecular formula is C26H28N2O3S. The van der Waals surface area contributed by atoms with Crippen LogP contribution in [-0.4, -0.2) is 30.2 Å². The molecule has 0 fully saturated rings. The number of carbonyl (C=O) groups is 1. The molecule has 166 valence electrons. The number of hydrogen-bond acceptors (Lipinski definition) is 4. The molecule has 6 heteroatoms. The normalized spacial score (nSPS) is 10.9. The van der Waals surface area contributed by atoms with E-state index in [1.807, 2.05) is 56.3 Å². The summed E-state index contributed by atoms with van der Waals surface area (Å²) in [6, 6.07) is 20.2. The van der Waals surface area contributed by atoms with E-state index in [1.165, 1.54) is 5.56 Å². The highest BCUT2D eigenvalue weighted by Crippen LogP contribution is 2.29. The molecule has 4 rings (SSSR count). The second kappa shape index (κ2) is 10.4. The van der Waals surface area contributed by atoms with E-state index in [0.29, 0.717) is 38.4 Å². The van der Waals surface area contributed by atoms with Crippen LogP contribution in [0, 0.1) is 0 Å². The molecule has 0 aliphatic rings. The maximum atomic E-state index is 13.1. The Morgan fingerprint density at radius 1 is 0.938 bits per heavy atom. The summed E-state index contributed by atoms with van der Waals surface area (Å²) < 4.78 is 14.6. The van der Waals surface area contributed by atoms with Crippen molar-refractivity contribution in [3.05, 3.63) is 82.9 Å². The van der Waals surface area contributed by atoms with Crippen LogP contribution in [-0.2, 0) is 13.0 Å². The van der Waals surface area contributed by atoms with Gasteiger partial charge in [-0.2, -0.15) is 0 Å². The first-order valence-corrected chi connectivity index (χ1v) is 11.8. The first-order chi connectivity index (χ1) is 15.7. The number of nitrogens with zero attached hydrogens (tertiary/aromatic N) is 1. The van der Waals surface area contributed by atoms with E-state index in [4.69, 9.17) is 9.47 Å². The maximum absolute atomic E-state index is 13.1. The molecule has 0 spiro atoms. The average molecular weight is 449 g/mol. The Labute approximate surface area is 192 Å². The van der Waals surface area contributed by atoms with E-state index >= 15 is 0 Å². The van der Waals surface area contributed by atoms with Crippen LogP contribution in [0.3, 0.4) is 0 Å². The number of carbonyl (C=O) groups excluding carboxylic acids is 1. The molecular weight excluding hydrogens is 420 g/mol. The van der Waals surface area contributed by atoms with Crippen molar-refractivity contribution in [3.8, 4) is 11.5 Å². The SMILES string of the molecule is CCOc1ccc(CCNC(=O)c2cc3sccc3n2Cc2ccccc2)cc1OCC. The Morgan fingerprint density at radius 2 is 1.72 bits per heavy atom. The molecule has 0 aliphatic carbocycles. The summed E-state index contributed by atoms with van der Waals surface area (Å²) in [4.78, 5) is 13.1. The minimum atomic E-state index is -0.0553. The van der Waals surface area contributed by atoms with Gasteiger partial charge < -0.3 is 19.4 Å². The minimum absolute atomic E-state index is 0.0553. The number of ether oxygens (including phenoxy) is 2. The lowest BCUT2D eigenvalue weighted by Crippen LogP contribution is -2.28. The summed E-state index contributed by atoms with van der Waals surface area (Å²) in [5.74, 6) is 1.44. The highest BCUT2D eigenvalue weighted by atomic mass is 32.1. The van der Waals surface area contributed by atoms with Crippen molar-refractivity contribution in [1.82, 2.24) is 9.88 Å². The predicted molar refractivity (Wildman–Crippen MR) is 130 cm³/mol. The van der Waals surface area contributed by atoms with E-state index in [2.05, 4.69) is 33.5 Å². The van der Waals surface area contributed by atoms with E-state index in [1.54, 1.807) is 11.3 Å². The molecule has 0 saturated carbocycles. The Balaban J connectivity index is 1.45. The first-order valence-electron chi connectivity index (χ1n) is 11.0. The third-order valence-corrected chi connectivity index (χ3v) is 6.10. The average Bonchev–Trinajstić information content (AvgIpc) is 3.39. The number of thiophene rings is 1. The van der Waals surface area contributed by atoms with Gasteiger partial charge in [-0.25, -0.2) is 0 Å². The van der Waals surface area contributed by atoms with Gasteiger partial charge in [-0.1, -0.05) is 36.4 Å². The van der Waals surface area contributed by atoms with Gasteiger partial charge in [0, 0.05) is 13.1 Å². The van der Waals surface area contributed by atoms with Gasteiger partial charge in [-0.3, -0.25) is 4.79 Å². The Kier molecular flexibility index (Phi) is 7.12. The number of rotatable bonds is 10. The second-order valence-corrected chi connectivity index (χ2v) is 8.37. The van der Waals surface area contributed by atoms with Crippen LogP contribution < -0.4 is 14.8 Å². The molecule has 2 heterocycles. The molecule has 2 aromatic heterocycles. The molecule has 5 nitrogen and oxygen atoms in total. The van der Waals surface area contributed by atoms with Crippen molar-refractivity contribution in [3.63, 3.8) is 0 Å². The lowest BCUT2D eigenvalue weighted by Gasteiger charge is -2.13. The van der Waals surface area contributed by atoms with Gasteiger partial charge in [0.05, 0.1) is 23.4 Å². The Hall–Kier alpha value is -3.25. The third-order valence-electron chi connectivity index (χ3n) is 5.25. The zero-order valence-electron chi connectivity index (χ0n) is 18.5. The highest BCUT2D eigenvalue weighted by Gasteiger charge is 2.16. The first kappa shape index (κ1) is 22.0. The van der Waals surface area contributed by atoms with Crippen LogP contribution >= 0.6 is 11.3 Å². The number of fused-ring (bicyclic) bond motifs is 1. The van der Waals surface area contributed by atoms with Crippen LogP contribution in [0.15, 0.2) is 66.0 Å². The van der Waals surface area contributed by atoms with Crippen molar-refractivity contribution in [2.75, 3.05) is 19.8 Å². The van der Waals surface area contributed by atoms with Gasteiger partial charge in [0.25, 0.3) is 5.91 Å². The lowest BCUT2D eigenvalue weighted by molar-refractivity contribution is 0.0946. The van der Waals surface area contributed by atoms with E-state index in [9.17, 15) is 4.79 Å². The smallest absolute Gasteiger partial charge is 0.267 e. The molecule has 32 heavy (non-hydrogen) atoms. The predicted octanol–water partition coefficient (Wildman–Crippen LogP) is 5.52. The molecule has 0 radical (unpaired) electrons. The summed E-state index contributed by atoms with van der Waals surface area (Å²) in [5, 5.41) is 5.15. The van der Waals surface area contributed by atoms with E-state index < -0.39 is 0 Å². The van der Waals surface area contributed by atoms with E-state index in [-0.39, 0.29) is 5.91 Å². The van der Waals surface area contributed by atoms with Crippen LogP contribution in [0.1, 0.15) is 35.5 Å². The number of nitrogens with one attached hydrogen (secondary N) is 1. The van der Waals surface area contributed by atoms with Gasteiger partial charge >= 0.3 is 0 Å². The summed E-state index contributed by atoms with van der Waals surface area (Å²) in [5.41, 5.74) is 4.05. The molecule has 0 atom stereocenters. The molecule has 4 aromatic rings. The lowest BCUT2D eigenvalue weighted by atomic mass is 10.1. The molecule has 1 amide bonds. The number of amides is 1. The fourth-order valence-corrected chi connectivity index (χ4v) is 4.59. The fourth-order valence-electron chi connectivity index (χ4n) is 3.76. The van der Waals surface area contributed by atoms with Crippen LogP contribution in [0.4, 0.5) is 0 Å². The second-order valence-electron chi connectivity index (χ2n) is 7.42. The van der Waals surface area contributed by atoms with Crippen molar-refractivity contribution in [2.45, 2.75) is 26.8 Å². The zero-order valence-corrected chi connectivity index (χ0v) is 19.3. The standard InChI is InChI=1S/C26H28N2O3S/c1-3-30-23-11-10-19(16-24(23)31-4-2)12-14-27-26(29)22-17-25-21(13-15-32-25)28(22)18-20-8-6-5-7-9-20/h5-11,13,15-17H,3-4,12,14,18H2,1-2H3,(H,27,29). The molecule has 2 aromatic carbocycles. The number of benzene rings is 2. The van der Waals surface area contributed by atoms with E-state index in [0.717, 1.165) is 27.3 Å². The summed E-state index contributed by atoms with van der Waals surface area (Å²) >= 11 is 1.66. The summed E-state index contributed by atoms with van der Waals surface area (Å²) in [6.45, 7) is 6.29. The van der Waals surface area contributed by atoms with Gasteiger partial charge in [0.1, 0.15) is 5.69 Å². The maximum Gasteiger partial charge on any atom is 0.267 e. The van der Waals surface area contributed by atoms with Crippen molar-refractivity contribution < 1.29 is 14.3 Å². The molecule has 0 aliphatic heterocycles. The summed E-state index contributed by atoms with van der Waals surface area (Å²) in [7, 11) is 0. The topological polar surface area (TPSA) is 52.5 Å². The van der Waals surface area contributed by atoms with Gasteiger partial charge in [0.2, 0.25) is 0 Å². The minimum Gasteiger partial charge on any atom is -0.490 e. The van der Waals surface area contributed by atoms with Crippen LogP contribution in [0.5, 0.6) is 11.5 Å². The summed E-state index contributed by atoms with van der Waals surface area (Å²) in [6.07, 6.45) is 0.714.